The number of rotatable bonds is 23. The van der Waals surface area contributed by atoms with E-state index in [0.29, 0.717) is 19.3 Å². The Hall–Kier alpha value is -1.20. The maximum absolute atomic E-state index is 12.7. The van der Waals surface area contributed by atoms with E-state index < -0.39 is 78.5 Å². The molecule has 0 aromatic heterocycles. The molecule has 0 aromatic rings. The van der Waals surface area contributed by atoms with Crippen LogP contribution < -0.4 is 5.32 Å². The Morgan fingerprint density at radius 3 is 2.17 bits per heavy atom. The van der Waals surface area contributed by atoms with Gasteiger partial charge in [-0.15, -0.1) is 0 Å². The predicted octanol–water partition coefficient (Wildman–Crippen LogP) is 1.50. The zero-order chi connectivity index (χ0) is 31.5. The summed E-state index contributed by atoms with van der Waals surface area (Å²) in [5.74, 6) is -0.696. The maximum Gasteiger partial charge on any atom is 0.397 e. The molecule has 0 spiro atoms. The Morgan fingerprint density at radius 2 is 1.55 bits per heavy atom. The number of unbranched alkanes of at least 4 members (excludes halogenated alkanes) is 8. The molecule has 8 unspecified atom stereocenters. The lowest BCUT2D eigenvalue weighted by atomic mass is 9.99. The number of nitrogens with one attached hydrogen (secondary N) is 1. The van der Waals surface area contributed by atoms with Gasteiger partial charge in [-0.25, -0.2) is 4.18 Å². The van der Waals surface area contributed by atoms with Gasteiger partial charge in [0, 0.05) is 0 Å². The first-order valence-electron chi connectivity index (χ1n) is 15.2. The van der Waals surface area contributed by atoms with Crippen molar-refractivity contribution in [1.82, 2.24) is 5.32 Å². The van der Waals surface area contributed by atoms with Gasteiger partial charge in [0.15, 0.2) is 6.29 Å². The van der Waals surface area contributed by atoms with Crippen LogP contribution in [0.15, 0.2) is 12.2 Å². The van der Waals surface area contributed by atoms with Crippen LogP contribution in [0.1, 0.15) is 97.3 Å². The lowest BCUT2D eigenvalue weighted by molar-refractivity contribution is -0.298. The van der Waals surface area contributed by atoms with E-state index in [2.05, 4.69) is 28.6 Å². The Morgan fingerprint density at radius 1 is 0.929 bits per heavy atom. The smallest absolute Gasteiger partial charge is 0.394 e. The van der Waals surface area contributed by atoms with Gasteiger partial charge < -0.3 is 40.3 Å². The second kappa shape index (κ2) is 21.5. The number of carbonyl (C=O) groups excluding carboxylic acids is 1. The maximum atomic E-state index is 12.7. The normalized spacial score (nSPS) is 25.4. The summed E-state index contributed by atoms with van der Waals surface area (Å²) in [5, 5.41) is 54.0. The largest absolute Gasteiger partial charge is 0.397 e. The summed E-state index contributed by atoms with van der Waals surface area (Å²) < 4.78 is 46.7. The molecule has 1 fully saturated rings. The van der Waals surface area contributed by atoms with Crippen LogP contribution in [0.2, 0.25) is 0 Å². The molecule has 42 heavy (non-hydrogen) atoms. The van der Waals surface area contributed by atoms with E-state index in [4.69, 9.17) is 14.0 Å². The molecule has 7 N–H and O–H groups in total. The zero-order valence-electron chi connectivity index (χ0n) is 24.9. The van der Waals surface area contributed by atoms with Gasteiger partial charge in [-0.1, -0.05) is 77.4 Å². The monoisotopic (exact) mass is 627 g/mol. The minimum atomic E-state index is -5.09. The van der Waals surface area contributed by atoms with Gasteiger partial charge in [-0.05, 0) is 32.1 Å². The number of carbonyl (C=O) groups is 1. The molecule has 0 bridgehead atoms. The molecule has 1 saturated heterocycles. The minimum absolute atomic E-state index is 0.243. The van der Waals surface area contributed by atoms with Crippen molar-refractivity contribution in [3.05, 3.63) is 12.2 Å². The molecule has 1 rings (SSSR count). The Bertz CT molecular complexity index is 858. The van der Waals surface area contributed by atoms with Gasteiger partial charge in [0.2, 0.25) is 5.91 Å². The van der Waals surface area contributed by atoms with Gasteiger partial charge in [0.05, 0.1) is 25.4 Å². The Balaban J connectivity index is 2.70. The van der Waals surface area contributed by atoms with Crippen molar-refractivity contribution >= 4 is 16.3 Å². The molecule has 1 aliphatic heterocycles. The first-order valence-corrected chi connectivity index (χ1v) is 16.5. The van der Waals surface area contributed by atoms with E-state index >= 15 is 0 Å². The predicted molar refractivity (Wildman–Crippen MR) is 155 cm³/mol. The van der Waals surface area contributed by atoms with Crippen LogP contribution >= 0.6 is 0 Å². The number of aliphatic hydroxyl groups is 5. The molecular weight excluding hydrogens is 574 g/mol. The van der Waals surface area contributed by atoms with Gasteiger partial charge in [0.25, 0.3) is 0 Å². The second-order valence-corrected chi connectivity index (χ2v) is 11.9. The Labute approximate surface area is 250 Å². The van der Waals surface area contributed by atoms with Crippen molar-refractivity contribution in [3.8, 4) is 0 Å². The molecule has 8 atom stereocenters. The number of ether oxygens (including phenoxy) is 2. The highest BCUT2D eigenvalue weighted by Gasteiger charge is 2.48. The SMILES string of the molecule is CCCC/C=C\CCCCCCC(O)C(=O)NC(COC1OC(CO)C(O)C(OS(=O)(=O)O)C1O)C(O)CCCCC. The minimum Gasteiger partial charge on any atom is -0.394 e. The van der Waals surface area contributed by atoms with Gasteiger partial charge in [-0.2, -0.15) is 8.42 Å². The van der Waals surface area contributed by atoms with E-state index in [1.54, 1.807) is 0 Å². The molecule has 0 radical (unpaired) electrons. The summed E-state index contributed by atoms with van der Waals surface area (Å²) in [7, 11) is -5.09. The lowest BCUT2D eigenvalue weighted by Gasteiger charge is -2.41. The summed E-state index contributed by atoms with van der Waals surface area (Å²) in [6, 6.07) is -1.03. The van der Waals surface area contributed by atoms with Crippen LogP contribution in [0.5, 0.6) is 0 Å². The van der Waals surface area contributed by atoms with Crippen molar-refractivity contribution < 1.29 is 57.0 Å². The van der Waals surface area contributed by atoms with Gasteiger partial charge >= 0.3 is 10.4 Å². The summed E-state index contributed by atoms with van der Waals surface area (Å²) in [5.41, 5.74) is 0. The first kappa shape index (κ1) is 38.8. The van der Waals surface area contributed by atoms with Crippen LogP contribution in [-0.4, -0.2) is 107 Å². The molecule has 248 valence electrons. The molecule has 0 saturated carbocycles. The lowest BCUT2D eigenvalue weighted by Crippen LogP contribution is -2.61. The number of amides is 1. The van der Waals surface area contributed by atoms with Gasteiger partial charge in [0.1, 0.15) is 30.5 Å². The standard InChI is InChI=1S/C28H53NO12S/c1-3-5-7-8-9-10-11-12-13-15-17-22(32)27(35)29-20(21(31)16-14-6-4-2)19-39-28-25(34)26(41-42(36,37)38)24(33)23(18-30)40-28/h8-9,20-26,28,30-34H,3-7,10-19H2,1-2H3,(H,29,35)(H,36,37,38)/b9-8-. The van der Waals surface area contributed by atoms with Crippen LogP contribution in [0.3, 0.4) is 0 Å². The third kappa shape index (κ3) is 15.5. The summed E-state index contributed by atoms with van der Waals surface area (Å²) in [6.07, 6.45) is 4.23. The fraction of sp³-hybridized carbons (Fsp3) is 0.893. The molecule has 14 heteroatoms. The number of allylic oxidation sites excluding steroid dienone is 2. The Kier molecular flexibility index (Phi) is 19.9. The highest BCUT2D eigenvalue weighted by Crippen LogP contribution is 2.26. The quantitative estimate of drug-likeness (QED) is 0.0488. The molecule has 1 heterocycles. The number of hydrogen-bond donors (Lipinski definition) is 7. The number of hydrogen-bond acceptors (Lipinski definition) is 11. The average Bonchev–Trinajstić information content (AvgIpc) is 2.94. The molecular formula is C28H53NO12S. The molecule has 1 aliphatic rings. The van der Waals surface area contributed by atoms with Crippen molar-refractivity contribution in [2.75, 3.05) is 13.2 Å². The third-order valence-electron chi connectivity index (χ3n) is 7.18. The molecule has 0 aliphatic carbocycles. The fourth-order valence-electron chi connectivity index (χ4n) is 4.62. The summed E-state index contributed by atoms with van der Waals surface area (Å²) >= 11 is 0. The topological polar surface area (TPSA) is 212 Å². The van der Waals surface area contributed by atoms with Crippen molar-refractivity contribution in [2.24, 2.45) is 0 Å². The zero-order valence-corrected chi connectivity index (χ0v) is 25.7. The van der Waals surface area contributed by atoms with E-state index in [-0.39, 0.29) is 6.42 Å². The van der Waals surface area contributed by atoms with Crippen molar-refractivity contribution in [1.29, 1.82) is 0 Å². The fourth-order valence-corrected chi connectivity index (χ4v) is 5.13. The van der Waals surface area contributed by atoms with E-state index in [1.165, 1.54) is 12.8 Å². The average molecular weight is 628 g/mol. The van der Waals surface area contributed by atoms with Crippen LogP contribution in [-0.2, 0) is 28.9 Å². The van der Waals surface area contributed by atoms with E-state index in [9.17, 15) is 38.7 Å². The van der Waals surface area contributed by atoms with E-state index in [0.717, 1.165) is 44.9 Å². The molecule has 1 amide bonds. The second-order valence-electron chi connectivity index (χ2n) is 10.8. The van der Waals surface area contributed by atoms with Crippen molar-refractivity contribution in [2.45, 2.75) is 146 Å². The third-order valence-corrected chi connectivity index (χ3v) is 7.65. The highest BCUT2D eigenvalue weighted by molar-refractivity contribution is 7.80. The summed E-state index contributed by atoms with van der Waals surface area (Å²) in [6.45, 7) is 2.94. The van der Waals surface area contributed by atoms with Crippen LogP contribution in [0, 0.1) is 0 Å². The van der Waals surface area contributed by atoms with E-state index in [1.807, 2.05) is 6.92 Å². The number of aliphatic hydroxyl groups excluding tert-OH is 5. The summed E-state index contributed by atoms with van der Waals surface area (Å²) in [4.78, 5) is 12.7. The van der Waals surface area contributed by atoms with Crippen molar-refractivity contribution in [3.63, 3.8) is 0 Å². The highest BCUT2D eigenvalue weighted by atomic mass is 32.3. The van der Waals surface area contributed by atoms with Gasteiger partial charge in [-0.3, -0.25) is 9.35 Å². The molecule has 13 nitrogen and oxygen atoms in total. The first-order chi connectivity index (χ1) is 19.9. The van der Waals surface area contributed by atoms with Crippen LogP contribution in [0.25, 0.3) is 0 Å². The molecule has 0 aromatic carbocycles. The van der Waals surface area contributed by atoms with Crippen LogP contribution in [0.4, 0.5) is 0 Å².